The Morgan fingerprint density at radius 2 is 2.50 bits per heavy atom. The fourth-order valence-electron chi connectivity index (χ4n) is 0.691. The highest BCUT2D eigenvalue weighted by atomic mass is 16.1. The first kappa shape index (κ1) is 8.51. The number of aryl methyl sites for hydroxylation is 1. The second kappa shape index (κ2) is 5.11. The molecule has 0 aliphatic rings. The van der Waals surface area contributed by atoms with E-state index in [-0.39, 0.29) is 6.54 Å². The smallest absolute Gasteiger partial charge is 0.174 e. The Bertz CT molecular complexity index is 242. The van der Waals surface area contributed by atoms with Crippen molar-refractivity contribution in [2.75, 3.05) is 6.54 Å². The van der Waals surface area contributed by atoms with Crippen LogP contribution in [-0.4, -0.2) is 39.7 Å². The molecule has 0 aliphatic carbocycles. The Kier molecular flexibility index (Phi) is 3.62. The van der Waals surface area contributed by atoms with Gasteiger partial charge in [-0.25, -0.2) is 0 Å². The summed E-state index contributed by atoms with van der Waals surface area (Å²) < 4.78 is 0. The Morgan fingerprint density at radius 1 is 1.58 bits per heavy atom. The van der Waals surface area contributed by atoms with Gasteiger partial charge in [0.25, 0.3) is 0 Å². The van der Waals surface area contributed by atoms with Crippen LogP contribution in [0.5, 0.6) is 0 Å². The number of tetrazole rings is 1. The van der Waals surface area contributed by atoms with Gasteiger partial charge in [-0.1, -0.05) is 5.21 Å². The number of aromatic nitrogens is 4. The van der Waals surface area contributed by atoms with E-state index in [0.717, 1.165) is 12.7 Å². The average molecular weight is 167 g/mol. The number of hydrogen-bond donors (Lipinski definition) is 1. The highest BCUT2D eigenvalue weighted by molar-refractivity contribution is 5.62. The van der Waals surface area contributed by atoms with Gasteiger partial charge in [-0.3, -0.25) is 4.99 Å². The first-order valence-electron chi connectivity index (χ1n) is 3.57. The Hall–Kier alpha value is -1.59. The largest absolute Gasteiger partial charge is 0.301 e. The summed E-state index contributed by atoms with van der Waals surface area (Å²) in [7, 11) is 0. The normalized spacial score (nSPS) is 10.7. The monoisotopic (exact) mass is 167 g/mol. The number of aldehydes is 1. The number of aliphatic imine (C=N–C) groups is 1. The summed E-state index contributed by atoms with van der Waals surface area (Å²) in [4.78, 5) is 13.7. The molecule has 1 N–H and O–H groups in total. The van der Waals surface area contributed by atoms with Crippen LogP contribution in [0.2, 0.25) is 0 Å². The molecule has 0 saturated carbocycles. The highest BCUT2D eigenvalue weighted by Gasteiger charge is 1.93. The summed E-state index contributed by atoms with van der Waals surface area (Å²) >= 11 is 0. The molecule has 64 valence electrons. The molecule has 12 heavy (non-hydrogen) atoms. The molecule has 1 aromatic heterocycles. The molecule has 0 spiro atoms. The maximum atomic E-state index is 9.84. The zero-order chi connectivity index (χ0) is 8.65. The SMILES string of the molecule is O=CCN=CCCc1nn[nH]n1. The minimum atomic E-state index is 0.228. The topological polar surface area (TPSA) is 83.9 Å². The minimum absolute atomic E-state index is 0.228. The van der Waals surface area contributed by atoms with Crippen LogP contribution in [0.15, 0.2) is 4.99 Å². The quantitative estimate of drug-likeness (QED) is 0.469. The van der Waals surface area contributed by atoms with E-state index in [1.165, 1.54) is 0 Å². The van der Waals surface area contributed by atoms with Crippen molar-refractivity contribution in [2.24, 2.45) is 4.99 Å². The van der Waals surface area contributed by atoms with Crippen LogP contribution in [0, 0.1) is 0 Å². The third-order valence-corrected chi connectivity index (χ3v) is 1.20. The number of aromatic amines is 1. The van der Waals surface area contributed by atoms with Crippen molar-refractivity contribution in [2.45, 2.75) is 12.8 Å². The maximum Gasteiger partial charge on any atom is 0.174 e. The van der Waals surface area contributed by atoms with Gasteiger partial charge in [0.2, 0.25) is 0 Å². The van der Waals surface area contributed by atoms with Crippen LogP contribution >= 0.6 is 0 Å². The van der Waals surface area contributed by atoms with E-state index in [2.05, 4.69) is 25.6 Å². The molecule has 0 saturated heterocycles. The lowest BCUT2D eigenvalue weighted by Crippen LogP contribution is -1.90. The fraction of sp³-hybridized carbons (Fsp3) is 0.500. The molecule has 0 bridgehead atoms. The Morgan fingerprint density at radius 3 is 3.17 bits per heavy atom. The number of nitrogens with zero attached hydrogens (tertiary/aromatic N) is 4. The number of hydrogen-bond acceptors (Lipinski definition) is 5. The van der Waals surface area contributed by atoms with Crippen LogP contribution in [0.4, 0.5) is 0 Å². The molecule has 0 amide bonds. The van der Waals surface area contributed by atoms with Crippen LogP contribution in [0.25, 0.3) is 0 Å². The van der Waals surface area contributed by atoms with E-state index < -0.39 is 0 Å². The van der Waals surface area contributed by atoms with Gasteiger partial charge in [-0.15, -0.1) is 10.2 Å². The predicted molar refractivity (Wildman–Crippen MR) is 41.9 cm³/mol. The molecule has 0 radical (unpaired) electrons. The summed E-state index contributed by atoms with van der Waals surface area (Å²) in [6.45, 7) is 0.228. The van der Waals surface area contributed by atoms with Crippen molar-refractivity contribution < 1.29 is 4.79 Å². The second-order valence-electron chi connectivity index (χ2n) is 2.08. The van der Waals surface area contributed by atoms with Gasteiger partial charge in [0.05, 0.1) is 6.54 Å². The van der Waals surface area contributed by atoms with Gasteiger partial charge in [-0.05, 0) is 12.6 Å². The standard InChI is InChI=1S/C6H9N5O/c12-5-4-7-3-1-2-6-8-10-11-9-6/h3,5H,1-2,4H2,(H,8,9,10,11). The second-order valence-corrected chi connectivity index (χ2v) is 2.08. The van der Waals surface area contributed by atoms with Gasteiger partial charge >= 0.3 is 0 Å². The van der Waals surface area contributed by atoms with Gasteiger partial charge in [-0.2, -0.15) is 5.21 Å². The summed E-state index contributed by atoms with van der Waals surface area (Å²) in [5.41, 5.74) is 0. The van der Waals surface area contributed by atoms with E-state index in [9.17, 15) is 4.79 Å². The molecule has 6 heteroatoms. The first-order chi connectivity index (χ1) is 5.93. The summed E-state index contributed by atoms with van der Waals surface area (Å²) in [6.07, 6.45) is 3.86. The zero-order valence-corrected chi connectivity index (χ0v) is 6.47. The van der Waals surface area contributed by atoms with Crippen molar-refractivity contribution in [1.82, 2.24) is 20.6 Å². The molecular weight excluding hydrogens is 158 g/mol. The molecule has 0 fully saturated rings. The zero-order valence-electron chi connectivity index (χ0n) is 6.47. The Balaban J connectivity index is 2.14. The van der Waals surface area contributed by atoms with E-state index in [1.807, 2.05) is 0 Å². The Labute approximate surface area is 69.1 Å². The molecule has 0 unspecified atom stereocenters. The lowest BCUT2D eigenvalue weighted by Gasteiger charge is -1.85. The van der Waals surface area contributed by atoms with Crippen molar-refractivity contribution >= 4 is 12.5 Å². The first-order valence-corrected chi connectivity index (χ1v) is 3.57. The molecule has 0 aromatic carbocycles. The molecule has 1 aromatic rings. The third-order valence-electron chi connectivity index (χ3n) is 1.20. The van der Waals surface area contributed by atoms with Crippen molar-refractivity contribution in [3.8, 4) is 0 Å². The molecular formula is C6H9N5O. The predicted octanol–water partition coefficient (Wildman–Crippen LogP) is -0.598. The van der Waals surface area contributed by atoms with Gasteiger partial charge < -0.3 is 4.79 Å². The van der Waals surface area contributed by atoms with Crippen LogP contribution in [0.1, 0.15) is 12.2 Å². The third kappa shape index (κ3) is 3.00. The fourth-order valence-corrected chi connectivity index (χ4v) is 0.691. The maximum absolute atomic E-state index is 9.84. The minimum Gasteiger partial charge on any atom is -0.301 e. The molecule has 0 atom stereocenters. The number of H-pyrrole nitrogens is 1. The molecule has 1 heterocycles. The van der Waals surface area contributed by atoms with E-state index in [0.29, 0.717) is 12.2 Å². The highest BCUT2D eigenvalue weighted by Crippen LogP contribution is 1.88. The van der Waals surface area contributed by atoms with Gasteiger partial charge in [0, 0.05) is 6.42 Å². The molecule has 0 aliphatic heterocycles. The molecule has 6 nitrogen and oxygen atoms in total. The number of carbonyl (C=O) groups excluding carboxylic acids is 1. The van der Waals surface area contributed by atoms with Crippen LogP contribution in [-0.2, 0) is 11.2 Å². The number of carbonyl (C=O) groups is 1. The van der Waals surface area contributed by atoms with Gasteiger partial charge in [0.1, 0.15) is 6.29 Å². The average Bonchev–Trinajstić information content (AvgIpc) is 2.57. The summed E-state index contributed by atoms with van der Waals surface area (Å²) in [5.74, 6) is 0.660. The molecule has 1 rings (SSSR count). The van der Waals surface area contributed by atoms with Crippen LogP contribution in [0.3, 0.4) is 0 Å². The lowest BCUT2D eigenvalue weighted by molar-refractivity contribution is -0.106. The van der Waals surface area contributed by atoms with E-state index in [4.69, 9.17) is 0 Å². The number of nitrogens with one attached hydrogen (secondary N) is 1. The van der Waals surface area contributed by atoms with Crippen molar-refractivity contribution in [3.63, 3.8) is 0 Å². The lowest BCUT2D eigenvalue weighted by atomic mass is 10.3. The van der Waals surface area contributed by atoms with E-state index >= 15 is 0 Å². The number of rotatable bonds is 5. The van der Waals surface area contributed by atoms with Gasteiger partial charge in [0.15, 0.2) is 5.82 Å². The van der Waals surface area contributed by atoms with Crippen molar-refractivity contribution in [1.29, 1.82) is 0 Å². The summed E-state index contributed by atoms with van der Waals surface area (Å²) in [6, 6.07) is 0. The van der Waals surface area contributed by atoms with E-state index in [1.54, 1.807) is 6.21 Å². The van der Waals surface area contributed by atoms with Crippen LogP contribution < -0.4 is 0 Å². The summed E-state index contributed by atoms with van der Waals surface area (Å²) in [5, 5.41) is 13.3. The van der Waals surface area contributed by atoms with Crippen molar-refractivity contribution in [3.05, 3.63) is 5.82 Å².